The van der Waals surface area contributed by atoms with Gasteiger partial charge in [0.15, 0.2) is 5.57 Å². The molecule has 0 saturated heterocycles. The summed E-state index contributed by atoms with van der Waals surface area (Å²) in [4.78, 5) is 0. The number of anilines is 1. The van der Waals surface area contributed by atoms with Gasteiger partial charge in [0.1, 0.15) is 23.9 Å². The lowest BCUT2D eigenvalue weighted by Crippen LogP contribution is -2.04. The van der Waals surface area contributed by atoms with E-state index >= 15 is 0 Å². The Bertz CT molecular complexity index is 623. The summed E-state index contributed by atoms with van der Waals surface area (Å²) in [7, 11) is 0. The van der Waals surface area contributed by atoms with E-state index in [1.54, 1.807) is 12.1 Å². The zero-order valence-electron chi connectivity index (χ0n) is 10.5. The average molecular weight is 315 g/mol. The van der Waals surface area contributed by atoms with E-state index in [-0.39, 0.29) is 17.2 Å². The zero-order valence-corrected chi connectivity index (χ0v) is 12.1. The number of hydrogen-bond acceptors (Lipinski definition) is 4. The predicted molar refractivity (Wildman–Crippen MR) is 75.7 cm³/mol. The number of benzene rings is 1. The van der Waals surface area contributed by atoms with Crippen molar-refractivity contribution in [3.05, 3.63) is 39.5 Å². The first-order chi connectivity index (χ1) is 9.03. The van der Waals surface area contributed by atoms with Crippen molar-refractivity contribution in [1.82, 2.24) is 0 Å². The molecule has 0 unspecified atom stereocenters. The third kappa shape index (κ3) is 3.58. The Morgan fingerprint density at radius 2 is 1.79 bits per heavy atom. The summed E-state index contributed by atoms with van der Waals surface area (Å²) in [5, 5.41) is 29.5. The number of rotatable bonds is 3. The van der Waals surface area contributed by atoms with E-state index in [1.807, 2.05) is 38.1 Å². The number of nitrogens with one attached hydrogen (secondary N) is 1. The van der Waals surface area contributed by atoms with Gasteiger partial charge in [-0.2, -0.15) is 15.8 Å². The van der Waals surface area contributed by atoms with Crippen molar-refractivity contribution in [2.75, 3.05) is 5.32 Å². The van der Waals surface area contributed by atoms with Gasteiger partial charge in [0, 0.05) is 10.2 Å². The monoisotopic (exact) mass is 314 g/mol. The van der Waals surface area contributed by atoms with Crippen molar-refractivity contribution in [2.24, 2.45) is 0 Å². The van der Waals surface area contributed by atoms with Crippen LogP contribution in [0.25, 0.3) is 0 Å². The fraction of sp³-hybridized carbons (Fsp3) is 0.214. The molecule has 1 aromatic rings. The van der Waals surface area contributed by atoms with Gasteiger partial charge < -0.3 is 5.32 Å². The van der Waals surface area contributed by atoms with E-state index in [2.05, 4.69) is 21.2 Å². The fourth-order valence-corrected chi connectivity index (χ4v) is 1.92. The van der Waals surface area contributed by atoms with E-state index < -0.39 is 0 Å². The van der Waals surface area contributed by atoms with Gasteiger partial charge >= 0.3 is 0 Å². The molecule has 1 aromatic carbocycles. The molecule has 94 valence electrons. The SMILES string of the molecule is CC(C)c1cc(Br)ccc1NC(C#N)=C(C#N)C#N. The predicted octanol–water partition coefficient (Wildman–Crippen LogP) is 3.81. The quantitative estimate of drug-likeness (QED) is 0.860. The summed E-state index contributed by atoms with van der Waals surface area (Å²) in [5.74, 6) is 0.243. The molecule has 1 N–H and O–H groups in total. The number of halogens is 1. The lowest BCUT2D eigenvalue weighted by atomic mass is 10.0. The van der Waals surface area contributed by atoms with Gasteiger partial charge in [-0.25, -0.2) is 0 Å². The van der Waals surface area contributed by atoms with Gasteiger partial charge in [0.2, 0.25) is 0 Å². The summed E-state index contributed by atoms with van der Waals surface area (Å²) in [6, 6.07) is 10.8. The van der Waals surface area contributed by atoms with Crippen LogP contribution < -0.4 is 5.32 Å². The van der Waals surface area contributed by atoms with Crippen LogP contribution in [0.2, 0.25) is 0 Å². The standard InChI is InChI=1S/C14H11BrN4/c1-9(2)12-5-11(15)3-4-13(12)19-14(8-18)10(6-16)7-17/h3-5,9,19H,1-2H3. The van der Waals surface area contributed by atoms with Gasteiger partial charge in [-0.05, 0) is 29.7 Å². The van der Waals surface area contributed by atoms with Crippen LogP contribution in [0.1, 0.15) is 25.3 Å². The summed E-state index contributed by atoms with van der Waals surface area (Å²) < 4.78 is 0.935. The molecule has 0 spiro atoms. The molecule has 0 saturated carbocycles. The van der Waals surface area contributed by atoms with Gasteiger partial charge in [-0.3, -0.25) is 0 Å². The first kappa shape index (κ1) is 14.8. The Morgan fingerprint density at radius 3 is 2.26 bits per heavy atom. The Morgan fingerprint density at radius 1 is 1.16 bits per heavy atom. The molecule has 19 heavy (non-hydrogen) atoms. The number of allylic oxidation sites excluding steroid dienone is 2. The summed E-state index contributed by atoms with van der Waals surface area (Å²) in [5.41, 5.74) is 1.46. The van der Waals surface area contributed by atoms with Crippen LogP contribution in [0.15, 0.2) is 33.9 Å². The normalized spacial score (nSPS) is 9.11. The lowest BCUT2D eigenvalue weighted by Gasteiger charge is -2.14. The van der Waals surface area contributed by atoms with Crippen LogP contribution in [0.5, 0.6) is 0 Å². The highest BCUT2D eigenvalue weighted by molar-refractivity contribution is 9.10. The highest BCUT2D eigenvalue weighted by Crippen LogP contribution is 2.28. The van der Waals surface area contributed by atoms with Crippen LogP contribution in [0, 0.1) is 34.0 Å². The summed E-state index contributed by atoms with van der Waals surface area (Å²) in [6.45, 7) is 4.05. The average Bonchev–Trinajstić information content (AvgIpc) is 2.40. The van der Waals surface area contributed by atoms with Crippen LogP contribution in [-0.4, -0.2) is 0 Å². The van der Waals surface area contributed by atoms with E-state index in [1.165, 1.54) is 0 Å². The molecular weight excluding hydrogens is 304 g/mol. The minimum absolute atomic E-state index is 0.0331. The van der Waals surface area contributed by atoms with E-state index in [9.17, 15) is 0 Å². The Kier molecular flexibility index (Phi) is 5.12. The Hall–Kier alpha value is -2.29. The third-order valence-corrected chi connectivity index (χ3v) is 2.97. The van der Waals surface area contributed by atoms with Crippen LogP contribution in [0.3, 0.4) is 0 Å². The minimum Gasteiger partial charge on any atom is -0.345 e. The highest BCUT2D eigenvalue weighted by atomic mass is 79.9. The highest BCUT2D eigenvalue weighted by Gasteiger charge is 2.11. The van der Waals surface area contributed by atoms with Crippen LogP contribution >= 0.6 is 15.9 Å². The molecule has 4 nitrogen and oxygen atoms in total. The molecule has 0 amide bonds. The van der Waals surface area contributed by atoms with Gasteiger partial charge in [-0.15, -0.1) is 0 Å². The Labute approximate surface area is 120 Å². The van der Waals surface area contributed by atoms with Crippen LogP contribution in [0.4, 0.5) is 5.69 Å². The topological polar surface area (TPSA) is 83.4 Å². The van der Waals surface area contributed by atoms with E-state index in [0.29, 0.717) is 0 Å². The molecule has 1 rings (SSSR count). The molecule has 5 heteroatoms. The zero-order chi connectivity index (χ0) is 14.4. The van der Waals surface area contributed by atoms with Crippen LogP contribution in [-0.2, 0) is 0 Å². The van der Waals surface area contributed by atoms with Crippen molar-refractivity contribution in [1.29, 1.82) is 15.8 Å². The lowest BCUT2D eigenvalue weighted by molar-refractivity contribution is 0.867. The van der Waals surface area contributed by atoms with Gasteiger partial charge in [-0.1, -0.05) is 29.8 Å². The maximum atomic E-state index is 9.02. The fourth-order valence-electron chi connectivity index (χ4n) is 1.54. The molecule has 0 aliphatic rings. The molecule has 0 aliphatic carbocycles. The maximum absolute atomic E-state index is 9.02. The number of nitriles is 3. The molecular formula is C14H11BrN4. The second-order valence-electron chi connectivity index (χ2n) is 4.10. The van der Waals surface area contributed by atoms with Crippen molar-refractivity contribution in [3.63, 3.8) is 0 Å². The molecule has 0 atom stereocenters. The maximum Gasteiger partial charge on any atom is 0.163 e. The van der Waals surface area contributed by atoms with Gasteiger partial charge in [0.25, 0.3) is 0 Å². The van der Waals surface area contributed by atoms with Crippen molar-refractivity contribution in [3.8, 4) is 18.2 Å². The Balaban J connectivity index is 3.28. The molecule has 0 fully saturated rings. The van der Waals surface area contributed by atoms with Crippen molar-refractivity contribution >= 4 is 21.6 Å². The first-order valence-corrected chi connectivity index (χ1v) is 6.33. The number of nitrogens with zero attached hydrogens (tertiary/aromatic N) is 3. The molecule has 0 radical (unpaired) electrons. The molecule has 0 bridgehead atoms. The van der Waals surface area contributed by atoms with Crippen molar-refractivity contribution < 1.29 is 0 Å². The largest absolute Gasteiger partial charge is 0.345 e. The second kappa shape index (κ2) is 6.59. The molecule has 0 aromatic heterocycles. The molecule has 0 heterocycles. The second-order valence-corrected chi connectivity index (χ2v) is 5.01. The first-order valence-electron chi connectivity index (χ1n) is 5.54. The van der Waals surface area contributed by atoms with E-state index in [4.69, 9.17) is 15.8 Å². The summed E-state index contributed by atoms with van der Waals surface area (Å²) >= 11 is 3.39. The molecule has 0 aliphatic heterocycles. The summed E-state index contributed by atoms with van der Waals surface area (Å²) in [6.07, 6.45) is 0. The minimum atomic E-state index is -0.222. The van der Waals surface area contributed by atoms with E-state index in [0.717, 1.165) is 15.7 Å². The van der Waals surface area contributed by atoms with Crippen molar-refractivity contribution in [2.45, 2.75) is 19.8 Å². The van der Waals surface area contributed by atoms with Gasteiger partial charge in [0.05, 0.1) is 0 Å². The third-order valence-electron chi connectivity index (χ3n) is 2.48. The smallest absolute Gasteiger partial charge is 0.163 e. The number of hydrogen-bond donors (Lipinski definition) is 1.